The summed E-state index contributed by atoms with van der Waals surface area (Å²) < 4.78 is 6.92. The van der Waals surface area contributed by atoms with Gasteiger partial charge in [-0.15, -0.1) is 0 Å². The zero-order chi connectivity index (χ0) is 18.9. The number of halogens is 1. The van der Waals surface area contributed by atoms with Crippen molar-refractivity contribution in [2.75, 3.05) is 0 Å². The fraction of sp³-hybridized carbons (Fsp3) is 0.435. The molecule has 2 nitrogen and oxygen atoms in total. The van der Waals surface area contributed by atoms with Crippen LogP contribution in [-0.2, 0) is 11.2 Å². The lowest BCUT2D eigenvalue weighted by Gasteiger charge is -2.22. The van der Waals surface area contributed by atoms with Gasteiger partial charge in [0.25, 0.3) is 0 Å². The summed E-state index contributed by atoms with van der Waals surface area (Å²) in [6, 6.07) is 6.11. The highest BCUT2D eigenvalue weighted by Gasteiger charge is 2.26. The molecule has 0 amide bonds. The Morgan fingerprint density at radius 1 is 1.23 bits per heavy atom. The van der Waals surface area contributed by atoms with Gasteiger partial charge in [0, 0.05) is 5.92 Å². The third-order valence-electron chi connectivity index (χ3n) is 4.98. The minimum Gasteiger partial charge on any atom is -0.426 e. The Labute approximate surface area is 165 Å². The van der Waals surface area contributed by atoms with Crippen molar-refractivity contribution in [2.45, 2.75) is 53.4 Å². The molecule has 1 aromatic carbocycles. The average molecular weight is 415 g/mol. The highest BCUT2D eigenvalue weighted by Crippen LogP contribution is 2.42. The zero-order valence-corrected chi connectivity index (χ0v) is 17.7. The lowest BCUT2D eigenvalue weighted by Crippen LogP contribution is -2.25. The Morgan fingerprint density at radius 3 is 2.65 bits per heavy atom. The lowest BCUT2D eigenvalue weighted by atomic mass is 9.84. The van der Waals surface area contributed by atoms with E-state index < -0.39 is 5.41 Å². The number of fused-ring (bicyclic) bond motifs is 1. The van der Waals surface area contributed by atoms with E-state index in [1.807, 2.05) is 26.8 Å². The van der Waals surface area contributed by atoms with Crippen LogP contribution in [0.2, 0.25) is 0 Å². The van der Waals surface area contributed by atoms with Gasteiger partial charge in [0.15, 0.2) is 0 Å². The SMILES string of the molecule is CC1=CCC(C2=C(Br)CCCc3cc(OC(=O)C(C)(C)C)ccc32)C=C1. The largest absolute Gasteiger partial charge is 0.426 e. The number of carbonyl (C=O) groups is 1. The van der Waals surface area contributed by atoms with Gasteiger partial charge in [-0.1, -0.05) is 45.8 Å². The van der Waals surface area contributed by atoms with Crippen LogP contribution in [0.1, 0.15) is 58.1 Å². The number of benzene rings is 1. The van der Waals surface area contributed by atoms with Gasteiger partial charge in [0.2, 0.25) is 0 Å². The van der Waals surface area contributed by atoms with Crippen LogP contribution in [0.5, 0.6) is 5.75 Å². The second-order valence-corrected chi connectivity index (χ2v) is 9.24. The standard InChI is InChI=1S/C23H27BrO2/c1-15-8-10-16(11-9-15)21-19-13-12-18(26-22(25)23(2,3)4)14-17(19)6-5-7-20(21)24/h8-10,12-14,16H,5-7,11H2,1-4H3. The van der Waals surface area contributed by atoms with E-state index in [9.17, 15) is 4.79 Å². The maximum atomic E-state index is 12.2. The summed E-state index contributed by atoms with van der Waals surface area (Å²) in [7, 11) is 0. The van der Waals surface area contributed by atoms with Crippen molar-refractivity contribution in [1.82, 2.24) is 0 Å². The second kappa shape index (κ2) is 7.56. The molecular formula is C23H27BrO2. The molecule has 0 bridgehead atoms. The molecular weight excluding hydrogens is 388 g/mol. The first kappa shape index (κ1) is 19.2. The maximum absolute atomic E-state index is 12.2. The number of rotatable bonds is 2. The molecule has 0 saturated heterocycles. The predicted molar refractivity (Wildman–Crippen MR) is 111 cm³/mol. The normalized spacial score (nSPS) is 20.3. The van der Waals surface area contributed by atoms with E-state index in [0.29, 0.717) is 11.7 Å². The van der Waals surface area contributed by atoms with E-state index in [2.05, 4.69) is 53.2 Å². The fourth-order valence-electron chi connectivity index (χ4n) is 3.42. The van der Waals surface area contributed by atoms with Gasteiger partial charge in [-0.25, -0.2) is 0 Å². The van der Waals surface area contributed by atoms with Crippen molar-refractivity contribution in [3.63, 3.8) is 0 Å². The molecule has 1 aromatic rings. The molecule has 0 fully saturated rings. The van der Waals surface area contributed by atoms with Crippen LogP contribution in [0.25, 0.3) is 5.57 Å². The molecule has 3 heteroatoms. The Balaban J connectivity index is 1.93. The summed E-state index contributed by atoms with van der Waals surface area (Å²) >= 11 is 3.85. The fourth-order valence-corrected chi connectivity index (χ4v) is 4.21. The second-order valence-electron chi connectivity index (χ2n) is 8.28. The Kier molecular flexibility index (Phi) is 5.57. The van der Waals surface area contributed by atoms with Crippen molar-refractivity contribution in [3.05, 3.63) is 57.6 Å². The Bertz CT molecular complexity index is 806. The topological polar surface area (TPSA) is 26.3 Å². The molecule has 2 aliphatic carbocycles. The number of esters is 1. The molecule has 3 rings (SSSR count). The molecule has 0 radical (unpaired) electrons. The van der Waals surface area contributed by atoms with Gasteiger partial charge in [0.05, 0.1) is 5.41 Å². The quantitative estimate of drug-likeness (QED) is 0.402. The van der Waals surface area contributed by atoms with E-state index in [1.165, 1.54) is 26.8 Å². The Hall–Kier alpha value is -1.61. The highest BCUT2D eigenvalue weighted by atomic mass is 79.9. The van der Waals surface area contributed by atoms with Crippen LogP contribution in [0.3, 0.4) is 0 Å². The average Bonchev–Trinajstić information content (AvgIpc) is 2.73. The molecule has 1 atom stereocenters. The summed E-state index contributed by atoms with van der Waals surface area (Å²) in [5, 5.41) is 0. The number of hydrogen-bond acceptors (Lipinski definition) is 2. The number of aryl methyl sites for hydroxylation is 1. The minimum absolute atomic E-state index is 0.196. The third-order valence-corrected chi connectivity index (χ3v) is 5.80. The summed E-state index contributed by atoms with van der Waals surface area (Å²) in [6.07, 6.45) is 11.0. The molecule has 0 saturated carbocycles. The molecule has 0 aliphatic heterocycles. The van der Waals surface area contributed by atoms with Crippen molar-refractivity contribution in [1.29, 1.82) is 0 Å². The third kappa shape index (κ3) is 4.20. The molecule has 0 heterocycles. The summed E-state index contributed by atoms with van der Waals surface area (Å²) in [5.74, 6) is 0.850. The lowest BCUT2D eigenvalue weighted by molar-refractivity contribution is -0.142. The maximum Gasteiger partial charge on any atom is 0.316 e. The first-order valence-electron chi connectivity index (χ1n) is 9.35. The molecule has 1 unspecified atom stereocenters. The van der Waals surface area contributed by atoms with E-state index in [0.717, 1.165) is 25.7 Å². The predicted octanol–water partition coefficient (Wildman–Crippen LogP) is 6.60. The number of hydrogen-bond donors (Lipinski definition) is 0. The first-order valence-corrected chi connectivity index (χ1v) is 10.1. The van der Waals surface area contributed by atoms with Gasteiger partial charge in [0.1, 0.15) is 5.75 Å². The van der Waals surface area contributed by atoms with Crippen molar-refractivity contribution in [2.24, 2.45) is 11.3 Å². The molecule has 26 heavy (non-hydrogen) atoms. The van der Waals surface area contributed by atoms with Crippen molar-refractivity contribution in [3.8, 4) is 5.75 Å². The smallest absolute Gasteiger partial charge is 0.316 e. The van der Waals surface area contributed by atoms with Crippen LogP contribution in [0, 0.1) is 11.3 Å². The summed E-state index contributed by atoms with van der Waals surface area (Å²) in [5.41, 5.74) is 4.76. The first-order chi connectivity index (χ1) is 12.3. The highest BCUT2D eigenvalue weighted by molar-refractivity contribution is 9.11. The van der Waals surface area contributed by atoms with Crippen LogP contribution in [0.4, 0.5) is 0 Å². The molecule has 2 aliphatic rings. The van der Waals surface area contributed by atoms with E-state index in [4.69, 9.17) is 4.74 Å². The van der Waals surface area contributed by atoms with Gasteiger partial charge >= 0.3 is 5.97 Å². The van der Waals surface area contributed by atoms with Crippen molar-refractivity contribution >= 4 is 27.5 Å². The van der Waals surface area contributed by atoms with Crippen LogP contribution in [0.15, 0.2) is 46.5 Å². The molecule has 0 aromatic heterocycles. The zero-order valence-electron chi connectivity index (χ0n) is 16.1. The van der Waals surface area contributed by atoms with Gasteiger partial charge in [-0.2, -0.15) is 0 Å². The van der Waals surface area contributed by atoms with E-state index in [-0.39, 0.29) is 5.97 Å². The van der Waals surface area contributed by atoms with E-state index in [1.54, 1.807) is 0 Å². The van der Waals surface area contributed by atoms with Crippen LogP contribution < -0.4 is 4.74 Å². The summed E-state index contributed by atoms with van der Waals surface area (Å²) in [6.45, 7) is 7.78. The van der Waals surface area contributed by atoms with E-state index >= 15 is 0 Å². The monoisotopic (exact) mass is 414 g/mol. The van der Waals surface area contributed by atoms with Crippen LogP contribution in [-0.4, -0.2) is 5.97 Å². The Morgan fingerprint density at radius 2 is 2.00 bits per heavy atom. The van der Waals surface area contributed by atoms with Gasteiger partial charge in [-0.05, 0) is 86.7 Å². The molecule has 0 spiro atoms. The minimum atomic E-state index is -0.502. The van der Waals surface area contributed by atoms with Gasteiger partial charge in [-0.3, -0.25) is 4.79 Å². The van der Waals surface area contributed by atoms with Crippen LogP contribution >= 0.6 is 15.9 Å². The number of carbonyl (C=O) groups excluding carboxylic acids is 1. The molecule has 138 valence electrons. The van der Waals surface area contributed by atoms with Gasteiger partial charge < -0.3 is 4.74 Å². The summed E-state index contributed by atoms with van der Waals surface area (Å²) in [4.78, 5) is 12.2. The molecule has 0 N–H and O–H groups in total. The number of allylic oxidation sites excluding steroid dienone is 6. The van der Waals surface area contributed by atoms with Crippen molar-refractivity contribution < 1.29 is 9.53 Å². The number of ether oxygens (including phenoxy) is 1.